The molecule has 1 aliphatic heterocycles. The number of urea groups is 1. The smallest absolute Gasteiger partial charge is 0.333 e. The predicted molar refractivity (Wildman–Crippen MR) is 111 cm³/mol. The minimum atomic E-state index is -4.18. The van der Waals surface area contributed by atoms with Crippen LogP contribution in [0.25, 0.3) is 0 Å². The van der Waals surface area contributed by atoms with Crippen LogP contribution in [-0.2, 0) is 23.6 Å². The van der Waals surface area contributed by atoms with Crippen LogP contribution in [-0.4, -0.2) is 53.7 Å². The molecule has 12 heteroatoms. The van der Waals surface area contributed by atoms with Crippen molar-refractivity contribution in [1.82, 2.24) is 29.6 Å². The summed E-state index contributed by atoms with van der Waals surface area (Å²) in [5.41, 5.74) is 2.04. The number of fused-ring (bicyclic) bond motifs is 1. The number of nitrogens with zero attached hydrogens (tertiary/aromatic N) is 4. The molecule has 0 bridgehead atoms. The van der Waals surface area contributed by atoms with Gasteiger partial charge in [0.1, 0.15) is 6.61 Å². The molecule has 0 radical (unpaired) electrons. The monoisotopic (exact) mass is 439 g/mol. The van der Waals surface area contributed by atoms with Gasteiger partial charge >= 0.3 is 6.03 Å². The van der Waals surface area contributed by atoms with Gasteiger partial charge in [-0.15, -0.1) is 0 Å². The lowest BCUT2D eigenvalue weighted by Crippen LogP contribution is -2.40. The fraction of sp³-hybridized carbons (Fsp3) is 0.611. The molecular formula is C18H29N7O4S. The topological polar surface area (TPSA) is 132 Å². The zero-order valence-corrected chi connectivity index (χ0v) is 18.9. The molecule has 2 aromatic heterocycles. The first-order valence-corrected chi connectivity index (χ1v) is 11.3. The van der Waals surface area contributed by atoms with Crippen molar-refractivity contribution in [3.63, 3.8) is 0 Å². The van der Waals surface area contributed by atoms with Crippen molar-refractivity contribution in [3.05, 3.63) is 17.6 Å². The summed E-state index contributed by atoms with van der Waals surface area (Å²) in [6.07, 6.45) is 1.19. The Balaban J connectivity index is 1.83. The molecule has 0 spiro atoms. The molecule has 166 valence electrons. The van der Waals surface area contributed by atoms with Gasteiger partial charge in [0.2, 0.25) is 5.88 Å². The quantitative estimate of drug-likeness (QED) is 0.619. The maximum absolute atomic E-state index is 12.8. The van der Waals surface area contributed by atoms with E-state index in [0.717, 1.165) is 5.69 Å². The highest BCUT2D eigenvalue weighted by atomic mass is 32.2. The first-order chi connectivity index (χ1) is 14.0. The van der Waals surface area contributed by atoms with Crippen LogP contribution in [0.4, 0.5) is 10.5 Å². The number of hydrogen-bond acceptors (Lipinski definition) is 7. The second-order valence-electron chi connectivity index (χ2n) is 7.93. The third-order valence-corrected chi connectivity index (χ3v) is 6.26. The number of sulfonamides is 1. The molecule has 0 saturated carbocycles. The summed E-state index contributed by atoms with van der Waals surface area (Å²) < 4.78 is 36.4. The van der Waals surface area contributed by atoms with Crippen LogP contribution in [0.5, 0.6) is 5.88 Å². The van der Waals surface area contributed by atoms with Gasteiger partial charge in [-0.2, -0.15) is 10.2 Å². The summed E-state index contributed by atoms with van der Waals surface area (Å²) in [7, 11) is -0.585. The summed E-state index contributed by atoms with van der Waals surface area (Å²) in [6, 6.07) is -0.839. The number of hydrogen-bond donors (Lipinski definition) is 3. The third kappa shape index (κ3) is 4.15. The summed E-state index contributed by atoms with van der Waals surface area (Å²) in [6.45, 7) is 8.66. The summed E-state index contributed by atoms with van der Waals surface area (Å²) in [5, 5.41) is 14.3. The molecule has 0 fully saturated rings. The lowest BCUT2D eigenvalue weighted by atomic mass is 10.0. The second kappa shape index (κ2) is 8.26. The van der Waals surface area contributed by atoms with Crippen molar-refractivity contribution < 1.29 is 17.9 Å². The lowest BCUT2D eigenvalue weighted by molar-refractivity contribution is 0.184. The van der Waals surface area contributed by atoms with Crippen molar-refractivity contribution >= 4 is 21.7 Å². The van der Waals surface area contributed by atoms with Crippen molar-refractivity contribution in [2.24, 2.45) is 7.05 Å². The van der Waals surface area contributed by atoms with Gasteiger partial charge in [0, 0.05) is 7.05 Å². The van der Waals surface area contributed by atoms with Crippen molar-refractivity contribution in [2.75, 3.05) is 19.0 Å². The molecule has 3 rings (SSSR count). The van der Waals surface area contributed by atoms with E-state index in [1.54, 1.807) is 18.8 Å². The highest BCUT2D eigenvalue weighted by Crippen LogP contribution is 2.32. The Morgan fingerprint density at radius 3 is 2.57 bits per heavy atom. The van der Waals surface area contributed by atoms with Gasteiger partial charge < -0.3 is 15.4 Å². The molecule has 0 unspecified atom stereocenters. The number of aromatic nitrogens is 4. The van der Waals surface area contributed by atoms with E-state index in [0.29, 0.717) is 24.5 Å². The standard InChI is InChI=1S/C18H29N7O4S/c1-10(2)14-15(16(11(3)4)24(6)22-14)21-18(26)23-30(27,28)13-7-20-25-8-12(19-5)9-29-17(13)25/h7,10-12,19H,8-9H2,1-6H3,(H2,21,23,26)/t12-/m0/s1. The van der Waals surface area contributed by atoms with Gasteiger partial charge in [0.05, 0.1) is 35.9 Å². The van der Waals surface area contributed by atoms with Crippen LogP contribution in [0.2, 0.25) is 0 Å². The predicted octanol–water partition coefficient (Wildman–Crippen LogP) is 1.35. The van der Waals surface area contributed by atoms with Crippen LogP contribution in [0, 0.1) is 0 Å². The molecule has 1 aliphatic rings. The van der Waals surface area contributed by atoms with Crippen LogP contribution in [0.1, 0.15) is 50.9 Å². The Bertz CT molecular complexity index is 1040. The first-order valence-electron chi connectivity index (χ1n) is 9.81. The van der Waals surface area contributed by atoms with E-state index in [1.165, 1.54) is 10.9 Å². The zero-order valence-electron chi connectivity index (χ0n) is 18.1. The molecule has 2 aromatic rings. The Kier molecular flexibility index (Phi) is 6.09. The van der Waals surface area contributed by atoms with E-state index >= 15 is 0 Å². The first kappa shape index (κ1) is 22.1. The number of likely N-dealkylation sites (N-methyl/N-ethyl adjacent to an activating group) is 1. The van der Waals surface area contributed by atoms with Crippen LogP contribution >= 0.6 is 0 Å². The van der Waals surface area contributed by atoms with Crippen LogP contribution in [0.3, 0.4) is 0 Å². The van der Waals surface area contributed by atoms with E-state index < -0.39 is 16.1 Å². The van der Waals surface area contributed by atoms with Gasteiger partial charge in [0.25, 0.3) is 10.0 Å². The number of anilines is 1. The number of carbonyl (C=O) groups is 1. The van der Waals surface area contributed by atoms with E-state index in [9.17, 15) is 13.2 Å². The Morgan fingerprint density at radius 2 is 1.97 bits per heavy atom. The molecule has 30 heavy (non-hydrogen) atoms. The largest absolute Gasteiger partial charge is 0.475 e. The summed E-state index contributed by atoms with van der Waals surface area (Å²) in [4.78, 5) is 12.5. The average molecular weight is 440 g/mol. The third-order valence-electron chi connectivity index (χ3n) is 4.95. The van der Waals surface area contributed by atoms with Gasteiger partial charge in [0.15, 0.2) is 4.90 Å². The van der Waals surface area contributed by atoms with Gasteiger partial charge in [-0.3, -0.25) is 4.68 Å². The molecule has 1 atom stereocenters. The SMILES string of the molecule is CN[C@@H]1COc2c(S(=O)(=O)NC(=O)Nc3c(C(C)C)nn(C)c3C(C)C)cnn2C1. The number of aryl methyl sites for hydroxylation is 1. The fourth-order valence-electron chi connectivity index (χ4n) is 3.50. The molecule has 3 heterocycles. The maximum atomic E-state index is 12.8. The van der Waals surface area contributed by atoms with Gasteiger partial charge in [-0.1, -0.05) is 27.7 Å². The average Bonchev–Trinajstić information content (AvgIpc) is 3.21. The molecule has 3 N–H and O–H groups in total. The highest BCUT2D eigenvalue weighted by molar-refractivity contribution is 7.90. The Labute approximate surface area is 176 Å². The Morgan fingerprint density at radius 1 is 1.27 bits per heavy atom. The van der Waals surface area contributed by atoms with Crippen molar-refractivity contribution in [3.8, 4) is 5.88 Å². The number of ether oxygens (including phenoxy) is 1. The normalized spacial score (nSPS) is 16.5. The fourth-order valence-corrected chi connectivity index (χ4v) is 4.49. The Hall–Kier alpha value is -2.60. The molecule has 11 nitrogen and oxygen atoms in total. The van der Waals surface area contributed by atoms with Gasteiger partial charge in [-0.05, 0) is 18.9 Å². The highest BCUT2D eigenvalue weighted by Gasteiger charge is 2.31. The van der Waals surface area contributed by atoms with Crippen LogP contribution < -0.4 is 20.1 Å². The van der Waals surface area contributed by atoms with E-state index in [4.69, 9.17) is 4.74 Å². The van der Waals surface area contributed by atoms with E-state index in [-0.39, 0.29) is 28.7 Å². The van der Waals surface area contributed by atoms with Crippen molar-refractivity contribution in [2.45, 2.75) is 57.0 Å². The number of carbonyl (C=O) groups excluding carboxylic acids is 1. The second-order valence-corrected chi connectivity index (χ2v) is 9.58. The van der Waals surface area contributed by atoms with E-state index in [2.05, 4.69) is 25.6 Å². The number of amides is 2. The summed E-state index contributed by atoms with van der Waals surface area (Å²) in [5.74, 6) is 0.249. The van der Waals surface area contributed by atoms with E-state index in [1.807, 2.05) is 27.7 Å². The molecule has 2 amide bonds. The molecular weight excluding hydrogens is 410 g/mol. The van der Waals surface area contributed by atoms with Gasteiger partial charge in [-0.25, -0.2) is 22.6 Å². The molecule has 0 saturated heterocycles. The maximum Gasteiger partial charge on any atom is 0.333 e. The molecule has 0 aliphatic carbocycles. The summed E-state index contributed by atoms with van der Waals surface area (Å²) >= 11 is 0. The lowest BCUT2D eigenvalue weighted by Gasteiger charge is -2.24. The number of nitrogens with one attached hydrogen (secondary N) is 3. The minimum Gasteiger partial charge on any atom is -0.475 e. The van der Waals surface area contributed by atoms with Crippen molar-refractivity contribution in [1.29, 1.82) is 0 Å². The molecule has 0 aromatic carbocycles. The number of rotatable bonds is 6. The van der Waals surface area contributed by atoms with Crippen LogP contribution in [0.15, 0.2) is 11.1 Å². The minimum absolute atomic E-state index is 0.0266. The zero-order chi connectivity index (χ0) is 22.2.